The summed E-state index contributed by atoms with van der Waals surface area (Å²) in [6.45, 7) is 1.87. The van der Waals surface area contributed by atoms with Gasteiger partial charge in [-0.25, -0.2) is 4.39 Å². The molecule has 0 radical (unpaired) electrons. The summed E-state index contributed by atoms with van der Waals surface area (Å²) < 4.78 is 15.8. The van der Waals surface area contributed by atoms with Crippen molar-refractivity contribution >= 4 is 23.2 Å². The largest absolute Gasteiger partial charge is 0.316 e. The number of aryl methyl sites for hydroxylation is 2. The summed E-state index contributed by atoms with van der Waals surface area (Å²) in [7, 11) is 3.71. The van der Waals surface area contributed by atoms with Gasteiger partial charge in [0.25, 0.3) is 0 Å². The fourth-order valence-electron chi connectivity index (χ4n) is 2.38. The molecule has 0 spiro atoms. The maximum Gasteiger partial charge on any atom is 0.145 e. The molecule has 0 aliphatic rings. The molecular formula is C15H18Cl2FN3. The lowest BCUT2D eigenvalue weighted by Gasteiger charge is -2.17. The molecule has 6 heteroatoms. The van der Waals surface area contributed by atoms with Crippen molar-refractivity contribution in [1.29, 1.82) is 0 Å². The Morgan fingerprint density at radius 1 is 1.33 bits per heavy atom. The molecule has 1 atom stereocenters. The van der Waals surface area contributed by atoms with Gasteiger partial charge in [0.05, 0.1) is 21.4 Å². The molecule has 1 N–H and O–H groups in total. The number of hydrogen-bond acceptors (Lipinski definition) is 2. The lowest BCUT2D eigenvalue weighted by Crippen LogP contribution is -2.31. The molecule has 0 saturated carbocycles. The Hall–Kier alpha value is -1.10. The maximum absolute atomic E-state index is 14.0. The molecule has 0 saturated heterocycles. The highest BCUT2D eigenvalue weighted by Gasteiger charge is 2.18. The van der Waals surface area contributed by atoms with E-state index in [1.807, 2.05) is 21.0 Å². The number of aromatic nitrogens is 2. The predicted molar refractivity (Wildman–Crippen MR) is 84.6 cm³/mol. The van der Waals surface area contributed by atoms with Gasteiger partial charge >= 0.3 is 0 Å². The zero-order chi connectivity index (χ0) is 15.6. The van der Waals surface area contributed by atoms with Crippen LogP contribution in [0.2, 0.25) is 10.0 Å². The van der Waals surface area contributed by atoms with Crippen molar-refractivity contribution in [2.45, 2.75) is 25.8 Å². The molecule has 2 aromatic rings. The standard InChI is InChI=1S/C15H18Cl2FN3/c1-9-14(17)13(21(3)20-9)8-11(19-2)7-10-5-4-6-12(16)15(10)18/h4-6,11,19H,7-8H2,1-3H3. The van der Waals surface area contributed by atoms with Gasteiger partial charge in [0.15, 0.2) is 0 Å². The van der Waals surface area contributed by atoms with Crippen molar-refractivity contribution in [1.82, 2.24) is 15.1 Å². The van der Waals surface area contributed by atoms with Crippen LogP contribution < -0.4 is 5.32 Å². The van der Waals surface area contributed by atoms with E-state index in [1.54, 1.807) is 22.9 Å². The first-order valence-corrected chi connectivity index (χ1v) is 7.47. The van der Waals surface area contributed by atoms with Crippen molar-refractivity contribution in [2.75, 3.05) is 7.05 Å². The summed E-state index contributed by atoms with van der Waals surface area (Å²) in [6.07, 6.45) is 1.20. The summed E-state index contributed by atoms with van der Waals surface area (Å²) in [6, 6.07) is 5.11. The zero-order valence-electron chi connectivity index (χ0n) is 12.3. The first-order valence-electron chi connectivity index (χ1n) is 6.72. The van der Waals surface area contributed by atoms with E-state index >= 15 is 0 Å². The van der Waals surface area contributed by atoms with Gasteiger partial charge in [-0.15, -0.1) is 0 Å². The highest BCUT2D eigenvalue weighted by atomic mass is 35.5. The molecule has 0 fully saturated rings. The fourth-order valence-corrected chi connectivity index (χ4v) is 2.81. The second-order valence-electron chi connectivity index (χ2n) is 5.08. The lowest BCUT2D eigenvalue weighted by atomic mass is 10.0. The highest BCUT2D eigenvalue weighted by Crippen LogP contribution is 2.23. The molecule has 0 amide bonds. The Labute approximate surface area is 134 Å². The van der Waals surface area contributed by atoms with E-state index in [4.69, 9.17) is 23.2 Å². The van der Waals surface area contributed by atoms with Gasteiger partial charge in [-0.3, -0.25) is 4.68 Å². The van der Waals surface area contributed by atoms with Crippen molar-refractivity contribution in [3.63, 3.8) is 0 Å². The average Bonchev–Trinajstić information content (AvgIpc) is 2.69. The summed E-state index contributed by atoms with van der Waals surface area (Å²) in [4.78, 5) is 0. The average molecular weight is 330 g/mol. The smallest absolute Gasteiger partial charge is 0.145 e. The number of nitrogens with zero attached hydrogens (tertiary/aromatic N) is 2. The second kappa shape index (κ2) is 6.77. The topological polar surface area (TPSA) is 29.9 Å². The quantitative estimate of drug-likeness (QED) is 0.909. The summed E-state index contributed by atoms with van der Waals surface area (Å²) in [5, 5.41) is 8.32. The first-order chi connectivity index (χ1) is 9.93. The molecule has 0 bridgehead atoms. The number of nitrogens with one attached hydrogen (secondary N) is 1. The van der Waals surface area contributed by atoms with Crippen LogP contribution in [0, 0.1) is 12.7 Å². The summed E-state index contributed by atoms with van der Waals surface area (Å²) in [5.74, 6) is -0.355. The van der Waals surface area contributed by atoms with Gasteiger partial charge in [0.2, 0.25) is 0 Å². The van der Waals surface area contributed by atoms with Crippen LogP contribution in [0.1, 0.15) is 17.0 Å². The first kappa shape index (κ1) is 16.3. The van der Waals surface area contributed by atoms with E-state index in [0.29, 0.717) is 23.4 Å². The Morgan fingerprint density at radius 2 is 2.05 bits per heavy atom. The van der Waals surface area contributed by atoms with Crippen molar-refractivity contribution in [3.8, 4) is 0 Å². The molecule has 0 aliphatic heterocycles. The van der Waals surface area contributed by atoms with Crippen molar-refractivity contribution in [3.05, 3.63) is 51.0 Å². The number of halogens is 3. The SMILES string of the molecule is CNC(Cc1cccc(Cl)c1F)Cc1c(Cl)c(C)nn1C. The van der Waals surface area contributed by atoms with E-state index < -0.39 is 0 Å². The lowest BCUT2D eigenvalue weighted by molar-refractivity contribution is 0.516. The fraction of sp³-hybridized carbons (Fsp3) is 0.400. The van der Waals surface area contributed by atoms with E-state index in [1.165, 1.54) is 0 Å². The normalized spacial score (nSPS) is 12.7. The number of benzene rings is 1. The van der Waals surface area contributed by atoms with Gasteiger partial charge in [-0.2, -0.15) is 5.10 Å². The molecule has 0 aliphatic carbocycles. The molecule has 21 heavy (non-hydrogen) atoms. The Balaban J connectivity index is 2.19. The number of hydrogen-bond donors (Lipinski definition) is 1. The van der Waals surface area contributed by atoms with Crippen LogP contribution in [0.3, 0.4) is 0 Å². The van der Waals surface area contributed by atoms with Gasteiger partial charge in [0.1, 0.15) is 5.82 Å². The van der Waals surface area contributed by atoms with Crippen LogP contribution in [0.15, 0.2) is 18.2 Å². The molecule has 1 heterocycles. The highest BCUT2D eigenvalue weighted by molar-refractivity contribution is 6.31. The second-order valence-corrected chi connectivity index (χ2v) is 5.86. The monoisotopic (exact) mass is 329 g/mol. The maximum atomic E-state index is 14.0. The summed E-state index contributed by atoms with van der Waals surface area (Å²) in [5.41, 5.74) is 2.34. The molecule has 1 aromatic heterocycles. The molecule has 1 aromatic carbocycles. The van der Waals surface area contributed by atoms with E-state index in [9.17, 15) is 4.39 Å². The van der Waals surface area contributed by atoms with Crippen LogP contribution in [-0.4, -0.2) is 22.9 Å². The van der Waals surface area contributed by atoms with Gasteiger partial charge in [0, 0.05) is 19.5 Å². The van der Waals surface area contributed by atoms with Crippen LogP contribution >= 0.6 is 23.2 Å². The Kier molecular flexibility index (Phi) is 5.25. The van der Waals surface area contributed by atoms with E-state index in [-0.39, 0.29) is 16.9 Å². The number of rotatable bonds is 5. The molecule has 3 nitrogen and oxygen atoms in total. The van der Waals surface area contributed by atoms with Gasteiger partial charge < -0.3 is 5.32 Å². The van der Waals surface area contributed by atoms with E-state index in [2.05, 4.69) is 10.4 Å². The van der Waals surface area contributed by atoms with E-state index in [0.717, 1.165) is 11.4 Å². The minimum Gasteiger partial charge on any atom is -0.316 e. The van der Waals surface area contributed by atoms with Crippen LogP contribution in [0.5, 0.6) is 0 Å². The van der Waals surface area contributed by atoms with Gasteiger partial charge in [-0.05, 0) is 32.0 Å². The van der Waals surface area contributed by atoms with Crippen LogP contribution in [0.4, 0.5) is 4.39 Å². The van der Waals surface area contributed by atoms with Crippen LogP contribution in [0.25, 0.3) is 0 Å². The summed E-state index contributed by atoms with van der Waals surface area (Å²) >= 11 is 12.1. The minimum atomic E-state index is -0.355. The number of likely N-dealkylation sites (N-methyl/N-ethyl adjacent to an activating group) is 1. The van der Waals surface area contributed by atoms with Gasteiger partial charge in [-0.1, -0.05) is 35.3 Å². The Morgan fingerprint density at radius 3 is 2.62 bits per heavy atom. The molecule has 1 unspecified atom stereocenters. The molecule has 114 valence electrons. The predicted octanol–water partition coefficient (Wildman–Crippen LogP) is 3.55. The molecule has 2 rings (SSSR count). The van der Waals surface area contributed by atoms with Crippen LogP contribution in [-0.2, 0) is 19.9 Å². The zero-order valence-corrected chi connectivity index (χ0v) is 13.8. The third kappa shape index (κ3) is 3.57. The minimum absolute atomic E-state index is 0.0465. The molecular weight excluding hydrogens is 312 g/mol. The van der Waals surface area contributed by atoms with Crippen molar-refractivity contribution in [2.24, 2.45) is 7.05 Å². The third-order valence-electron chi connectivity index (χ3n) is 3.61. The third-order valence-corrected chi connectivity index (χ3v) is 4.39. The van der Waals surface area contributed by atoms with Crippen molar-refractivity contribution < 1.29 is 4.39 Å². The Bertz CT molecular complexity index is 640.